The molecule has 2 rings (SSSR count). The number of aromatic nitrogens is 1. The molecular formula is C14H13NO4S. The van der Waals surface area contributed by atoms with E-state index in [9.17, 15) is 4.79 Å². The van der Waals surface area contributed by atoms with Gasteiger partial charge < -0.3 is 14.6 Å². The summed E-state index contributed by atoms with van der Waals surface area (Å²) in [6.45, 7) is 0.345. The van der Waals surface area contributed by atoms with E-state index in [4.69, 9.17) is 14.6 Å². The maximum atomic E-state index is 10.6. The van der Waals surface area contributed by atoms with Crippen molar-refractivity contribution >= 4 is 23.4 Å². The van der Waals surface area contributed by atoms with E-state index < -0.39 is 5.97 Å². The zero-order chi connectivity index (χ0) is 14.4. The highest BCUT2D eigenvalue weighted by atomic mass is 32.1. The van der Waals surface area contributed by atoms with Crippen molar-refractivity contribution in [3.63, 3.8) is 0 Å². The van der Waals surface area contributed by atoms with Crippen molar-refractivity contribution in [1.82, 2.24) is 4.98 Å². The summed E-state index contributed by atoms with van der Waals surface area (Å²) in [5.74, 6) is 0.203. The number of hydrogen-bond acceptors (Lipinski definition) is 5. The Morgan fingerprint density at radius 2 is 2.35 bits per heavy atom. The number of nitrogens with zero attached hydrogens (tertiary/aromatic N) is 1. The van der Waals surface area contributed by atoms with Gasteiger partial charge in [0.05, 0.1) is 7.11 Å². The van der Waals surface area contributed by atoms with E-state index in [1.54, 1.807) is 31.5 Å². The largest absolute Gasteiger partial charge is 0.497 e. The third-order valence-corrected chi connectivity index (χ3v) is 3.21. The minimum atomic E-state index is -1.02. The first-order valence-corrected chi connectivity index (χ1v) is 6.67. The number of benzene rings is 1. The fourth-order valence-corrected chi connectivity index (χ4v) is 2.07. The van der Waals surface area contributed by atoms with Crippen LogP contribution < -0.4 is 9.47 Å². The molecule has 1 aromatic heterocycles. The lowest BCUT2D eigenvalue weighted by Crippen LogP contribution is -1.97. The molecule has 6 heteroatoms. The molecule has 0 unspecified atom stereocenters. The van der Waals surface area contributed by atoms with Gasteiger partial charge >= 0.3 is 5.97 Å². The summed E-state index contributed by atoms with van der Waals surface area (Å²) in [6.07, 6.45) is 4.25. The number of carbonyl (C=O) groups is 1. The zero-order valence-electron chi connectivity index (χ0n) is 10.8. The van der Waals surface area contributed by atoms with Crippen molar-refractivity contribution in [2.45, 2.75) is 6.61 Å². The Bertz CT molecular complexity index is 608. The molecule has 0 aliphatic heterocycles. The number of thiazole rings is 1. The van der Waals surface area contributed by atoms with Crippen LogP contribution in [0.4, 0.5) is 0 Å². The maximum Gasteiger partial charge on any atom is 0.328 e. The van der Waals surface area contributed by atoms with E-state index in [0.29, 0.717) is 23.7 Å². The summed E-state index contributed by atoms with van der Waals surface area (Å²) < 4.78 is 10.8. The summed E-state index contributed by atoms with van der Waals surface area (Å²) >= 11 is 1.50. The SMILES string of the molecule is COc1ccc(OCc2nccs2)c(/C=C/C(=O)O)c1. The van der Waals surface area contributed by atoms with Crippen molar-refractivity contribution in [2.75, 3.05) is 7.11 Å². The Kier molecular flexibility index (Phi) is 4.73. The molecule has 20 heavy (non-hydrogen) atoms. The Labute approximate surface area is 120 Å². The van der Waals surface area contributed by atoms with Gasteiger partial charge in [-0.2, -0.15) is 0 Å². The van der Waals surface area contributed by atoms with Crippen molar-refractivity contribution < 1.29 is 19.4 Å². The van der Waals surface area contributed by atoms with Gasteiger partial charge in [0.2, 0.25) is 0 Å². The van der Waals surface area contributed by atoms with Crippen LogP contribution in [0.15, 0.2) is 35.9 Å². The summed E-state index contributed by atoms with van der Waals surface area (Å²) in [5.41, 5.74) is 0.642. The molecule has 104 valence electrons. The minimum Gasteiger partial charge on any atom is -0.497 e. The van der Waals surface area contributed by atoms with Crippen LogP contribution in [0.25, 0.3) is 6.08 Å². The molecule has 0 amide bonds. The summed E-state index contributed by atoms with van der Waals surface area (Å²) in [5, 5.41) is 11.4. The molecule has 0 saturated heterocycles. The van der Waals surface area contributed by atoms with E-state index in [1.807, 2.05) is 5.38 Å². The quantitative estimate of drug-likeness (QED) is 0.829. The minimum absolute atomic E-state index is 0.345. The molecule has 0 aliphatic rings. The van der Waals surface area contributed by atoms with Gasteiger partial charge in [0.25, 0.3) is 0 Å². The third-order valence-electron chi connectivity index (χ3n) is 2.46. The lowest BCUT2D eigenvalue weighted by atomic mass is 10.1. The maximum absolute atomic E-state index is 10.6. The van der Waals surface area contributed by atoms with Gasteiger partial charge in [-0.15, -0.1) is 11.3 Å². The average Bonchev–Trinajstić information content (AvgIpc) is 2.96. The molecule has 1 aromatic carbocycles. The highest BCUT2D eigenvalue weighted by molar-refractivity contribution is 7.09. The molecule has 0 atom stereocenters. The normalized spacial score (nSPS) is 10.7. The van der Waals surface area contributed by atoms with Crippen LogP contribution in [0.3, 0.4) is 0 Å². The van der Waals surface area contributed by atoms with Gasteiger partial charge in [0.15, 0.2) is 0 Å². The first-order chi connectivity index (χ1) is 9.69. The molecule has 0 radical (unpaired) electrons. The highest BCUT2D eigenvalue weighted by Gasteiger charge is 2.05. The fourth-order valence-electron chi connectivity index (χ4n) is 1.54. The van der Waals surface area contributed by atoms with Gasteiger partial charge in [-0.25, -0.2) is 9.78 Å². The molecule has 0 spiro atoms. The van der Waals surface area contributed by atoms with Crippen LogP contribution in [-0.2, 0) is 11.4 Å². The first-order valence-electron chi connectivity index (χ1n) is 5.79. The second-order valence-corrected chi connectivity index (χ2v) is 4.77. The van der Waals surface area contributed by atoms with Crippen LogP contribution in [0.1, 0.15) is 10.6 Å². The van der Waals surface area contributed by atoms with Crippen molar-refractivity contribution in [3.05, 3.63) is 46.4 Å². The van der Waals surface area contributed by atoms with E-state index in [2.05, 4.69) is 4.98 Å². The number of ether oxygens (including phenoxy) is 2. The summed E-state index contributed by atoms with van der Waals surface area (Å²) in [6, 6.07) is 5.22. The van der Waals surface area contributed by atoms with Crippen LogP contribution in [0, 0.1) is 0 Å². The Hall–Kier alpha value is -2.34. The number of carboxylic acid groups (broad SMARTS) is 1. The second-order valence-electron chi connectivity index (χ2n) is 3.79. The standard InChI is InChI=1S/C14H13NO4S/c1-18-11-3-4-12(10(8-11)2-5-14(16)17)19-9-13-15-6-7-20-13/h2-8H,9H2,1H3,(H,16,17)/b5-2+. The molecule has 1 N–H and O–H groups in total. The summed E-state index contributed by atoms with van der Waals surface area (Å²) in [7, 11) is 1.55. The fraction of sp³-hybridized carbons (Fsp3) is 0.143. The van der Waals surface area contributed by atoms with Gasteiger partial charge in [0.1, 0.15) is 23.1 Å². The number of rotatable bonds is 6. The molecule has 2 aromatic rings. The van der Waals surface area contributed by atoms with E-state index >= 15 is 0 Å². The number of aliphatic carboxylic acids is 1. The van der Waals surface area contributed by atoms with E-state index in [0.717, 1.165) is 11.1 Å². The predicted octanol–water partition coefficient (Wildman–Crippen LogP) is 2.83. The van der Waals surface area contributed by atoms with Crippen molar-refractivity contribution in [1.29, 1.82) is 0 Å². The Balaban J connectivity index is 2.19. The Morgan fingerprint density at radius 3 is 3.00 bits per heavy atom. The number of hydrogen-bond donors (Lipinski definition) is 1. The van der Waals surface area contributed by atoms with Crippen LogP contribution in [0.5, 0.6) is 11.5 Å². The topological polar surface area (TPSA) is 68.7 Å². The zero-order valence-corrected chi connectivity index (χ0v) is 11.6. The molecule has 1 heterocycles. The number of methoxy groups -OCH3 is 1. The van der Waals surface area contributed by atoms with Gasteiger partial charge in [-0.1, -0.05) is 0 Å². The van der Waals surface area contributed by atoms with Crippen LogP contribution in [-0.4, -0.2) is 23.2 Å². The van der Waals surface area contributed by atoms with Gasteiger partial charge in [-0.3, -0.25) is 0 Å². The van der Waals surface area contributed by atoms with Crippen LogP contribution >= 0.6 is 11.3 Å². The average molecular weight is 291 g/mol. The molecule has 0 saturated carbocycles. The van der Waals surface area contributed by atoms with Crippen molar-refractivity contribution in [2.24, 2.45) is 0 Å². The molecule has 0 fully saturated rings. The third kappa shape index (κ3) is 3.83. The number of carboxylic acids is 1. The smallest absolute Gasteiger partial charge is 0.328 e. The van der Waals surface area contributed by atoms with E-state index in [-0.39, 0.29) is 0 Å². The van der Waals surface area contributed by atoms with Gasteiger partial charge in [-0.05, 0) is 24.3 Å². The predicted molar refractivity (Wildman–Crippen MR) is 76.1 cm³/mol. The van der Waals surface area contributed by atoms with E-state index in [1.165, 1.54) is 17.4 Å². The molecule has 0 bridgehead atoms. The lowest BCUT2D eigenvalue weighted by Gasteiger charge is -2.09. The molecule has 5 nitrogen and oxygen atoms in total. The highest BCUT2D eigenvalue weighted by Crippen LogP contribution is 2.26. The second kappa shape index (κ2) is 6.72. The molecular weight excluding hydrogens is 278 g/mol. The summed E-state index contributed by atoms with van der Waals surface area (Å²) in [4.78, 5) is 14.7. The first kappa shape index (κ1) is 14.1. The van der Waals surface area contributed by atoms with Gasteiger partial charge in [0, 0.05) is 23.2 Å². The Morgan fingerprint density at radius 1 is 1.50 bits per heavy atom. The van der Waals surface area contributed by atoms with Crippen molar-refractivity contribution in [3.8, 4) is 11.5 Å². The lowest BCUT2D eigenvalue weighted by molar-refractivity contribution is -0.131. The monoisotopic (exact) mass is 291 g/mol. The molecule has 0 aliphatic carbocycles. The van der Waals surface area contributed by atoms with Crippen LogP contribution in [0.2, 0.25) is 0 Å².